The third-order valence-corrected chi connectivity index (χ3v) is 6.68. The van der Waals surface area contributed by atoms with Gasteiger partial charge in [-0.2, -0.15) is 0 Å². The largest absolute Gasteiger partial charge is 0.450 e. The van der Waals surface area contributed by atoms with Gasteiger partial charge in [0.2, 0.25) is 10.9 Å². The maximum absolute atomic E-state index is 13.5. The molecular formula is C23H18BrN3O3S. The molecule has 0 radical (unpaired) electrons. The summed E-state index contributed by atoms with van der Waals surface area (Å²) in [5.41, 5.74) is 1.34. The summed E-state index contributed by atoms with van der Waals surface area (Å²) in [4.78, 5) is 28.5. The molecule has 2 aromatic carbocycles. The van der Waals surface area contributed by atoms with Crippen molar-refractivity contribution in [2.45, 2.75) is 26.3 Å². The van der Waals surface area contributed by atoms with Crippen molar-refractivity contribution in [3.8, 4) is 0 Å². The summed E-state index contributed by atoms with van der Waals surface area (Å²) in [6.07, 6.45) is 0.774. The molecule has 31 heavy (non-hydrogen) atoms. The van der Waals surface area contributed by atoms with E-state index < -0.39 is 6.04 Å². The van der Waals surface area contributed by atoms with E-state index in [1.807, 2.05) is 24.3 Å². The summed E-state index contributed by atoms with van der Waals surface area (Å²) >= 11 is 4.82. The lowest BCUT2D eigenvalue weighted by Crippen LogP contribution is -2.29. The van der Waals surface area contributed by atoms with E-state index in [1.165, 1.54) is 11.3 Å². The highest BCUT2D eigenvalue weighted by atomic mass is 79.9. The standard InChI is InChI=1S/C23H18BrN3O3S/c1-12(2)11-17-25-26-23(31-17)27-19(13-7-9-14(24)10-8-13)18-20(28)15-5-3-4-6-16(15)30-21(18)22(27)29/h3-10,12,19H,11H2,1-2H3/t19-/m1/s1. The van der Waals surface area contributed by atoms with Crippen LogP contribution >= 0.6 is 27.3 Å². The van der Waals surface area contributed by atoms with Crippen molar-refractivity contribution in [2.24, 2.45) is 5.92 Å². The Labute approximate surface area is 190 Å². The number of carbonyl (C=O) groups excluding carboxylic acids is 1. The number of benzene rings is 2. The first-order valence-electron chi connectivity index (χ1n) is 9.91. The minimum atomic E-state index is -0.628. The topological polar surface area (TPSA) is 76.3 Å². The highest BCUT2D eigenvalue weighted by Crippen LogP contribution is 2.42. The summed E-state index contributed by atoms with van der Waals surface area (Å²) in [7, 11) is 0. The van der Waals surface area contributed by atoms with Crippen LogP contribution in [0, 0.1) is 5.92 Å². The minimum absolute atomic E-state index is 0.0669. The average molecular weight is 496 g/mol. The first kappa shape index (κ1) is 20.1. The molecule has 1 amide bonds. The van der Waals surface area contributed by atoms with Crippen molar-refractivity contribution in [3.05, 3.63) is 85.1 Å². The third-order valence-electron chi connectivity index (χ3n) is 5.21. The quantitative estimate of drug-likeness (QED) is 0.381. The van der Waals surface area contributed by atoms with Crippen molar-refractivity contribution in [2.75, 3.05) is 4.90 Å². The zero-order chi connectivity index (χ0) is 21.7. The van der Waals surface area contributed by atoms with Crippen LogP contribution in [0.5, 0.6) is 0 Å². The number of carbonyl (C=O) groups is 1. The molecule has 6 nitrogen and oxygen atoms in total. The molecule has 0 spiro atoms. The SMILES string of the molecule is CC(C)Cc1nnc(N2C(=O)c3oc4ccccc4c(=O)c3[C@H]2c2ccc(Br)cc2)s1. The third kappa shape index (κ3) is 3.40. The normalized spacial score (nSPS) is 15.8. The maximum Gasteiger partial charge on any atom is 0.297 e. The molecule has 0 bridgehead atoms. The van der Waals surface area contributed by atoms with E-state index in [4.69, 9.17) is 4.42 Å². The molecule has 0 unspecified atom stereocenters. The van der Waals surface area contributed by atoms with Crippen molar-refractivity contribution < 1.29 is 9.21 Å². The van der Waals surface area contributed by atoms with Gasteiger partial charge in [0.25, 0.3) is 5.91 Å². The maximum atomic E-state index is 13.5. The summed E-state index contributed by atoms with van der Waals surface area (Å²) in [6, 6.07) is 13.9. The number of fused-ring (bicyclic) bond motifs is 2. The zero-order valence-corrected chi connectivity index (χ0v) is 19.2. The van der Waals surface area contributed by atoms with Gasteiger partial charge < -0.3 is 4.42 Å². The van der Waals surface area contributed by atoms with Crippen LogP contribution in [0.4, 0.5) is 5.13 Å². The summed E-state index contributed by atoms with van der Waals surface area (Å²) in [5.74, 6) is 0.110. The number of hydrogen-bond acceptors (Lipinski definition) is 6. The van der Waals surface area contributed by atoms with Gasteiger partial charge in [-0.05, 0) is 35.7 Å². The second-order valence-electron chi connectivity index (χ2n) is 7.88. The Kier molecular flexibility index (Phi) is 4.98. The van der Waals surface area contributed by atoms with Gasteiger partial charge in [0.05, 0.1) is 17.0 Å². The number of hydrogen-bond donors (Lipinski definition) is 0. The van der Waals surface area contributed by atoms with Crippen LogP contribution in [-0.2, 0) is 6.42 Å². The lowest BCUT2D eigenvalue weighted by Gasteiger charge is -2.22. The van der Waals surface area contributed by atoms with E-state index in [2.05, 4.69) is 40.0 Å². The minimum Gasteiger partial charge on any atom is -0.450 e. The van der Waals surface area contributed by atoms with Gasteiger partial charge >= 0.3 is 0 Å². The Morgan fingerprint density at radius 3 is 2.58 bits per heavy atom. The van der Waals surface area contributed by atoms with Crippen LogP contribution in [0.15, 0.2) is 62.2 Å². The number of nitrogens with zero attached hydrogens (tertiary/aromatic N) is 3. The molecule has 0 saturated heterocycles. The van der Waals surface area contributed by atoms with Gasteiger partial charge in [-0.3, -0.25) is 14.5 Å². The van der Waals surface area contributed by atoms with E-state index in [0.29, 0.717) is 27.6 Å². The summed E-state index contributed by atoms with van der Waals surface area (Å²) in [6.45, 7) is 4.22. The molecule has 0 N–H and O–H groups in total. The molecular weight excluding hydrogens is 478 g/mol. The van der Waals surface area contributed by atoms with Crippen molar-refractivity contribution in [1.82, 2.24) is 10.2 Å². The van der Waals surface area contributed by atoms with Gasteiger partial charge in [0, 0.05) is 10.9 Å². The van der Waals surface area contributed by atoms with E-state index >= 15 is 0 Å². The van der Waals surface area contributed by atoms with Crippen LogP contribution < -0.4 is 10.3 Å². The monoisotopic (exact) mass is 495 g/mol. The summed E-state index contributed by atoms with van der Waals surface area (Å²) < 4.78 is 6.86. The molecule has 2 aromatic heterocycles. The first-order valence-corrected chi connectivity index (χ1v) is 11.5. The molecule has 1 atom stereocenters. The second kappa shape index (κ2) is 7.69. The fourth-order valence-electron chi connectivity index (χ4n) is 3.85. The Hall–Kier alpha value is -2.84. The van der Waals surface area contributed by atoms with Crippen LogP contribution in [0.25, 0.3) is 11.0 Å². The molecule has 156 valence electrons. The van der Waals surface area contributed by atoms with E-state index in [0.717, 1.165) is 21.5 Å². The molecule has 0 fully saturated rings. The number of para-hydroxylation sites is 1. The van der Waals surface area contributed by atoms with E-state index in [1.54, 1.807) is 29.2 Å². The lowest BCUT2D eigenvalue weighted by molar-refractivity contribution is 0.0970. The molecule has 0 saturated carbocycles. The zero-order valence-electron chi connectivity index (χ0n) is 16.8. The van der Waals surface area contributed by atoms with Crippen LogP contribution in [0.1, 0.15) is 46.6 Å². The molecule has 0 aliphatic carbocycles. The molecule has 5 rings (SSSR count). The highest BCUT2D eigenvalue weighted by molar-refractivity contribution is 9.10. The Bertz CT molecular complexity index is 1360. The van der Waals surface area contributed by atoms with Gasteiger partial charge in [-0.15, -0.1) is 10.2 Å². The van der Waals surface area contributed by atoms with Crippen molar-refractivity contribution >= 4 is 49.3 Å². The van der Waals surface area contributed by atoms with E-state index in [9.17, 15) is 9.59 Å². The van der Waals surface area contributed by atoms with Gasteiger partial charge in [-0.1, -0.05) is 65.4 Å². The van der Waals surface area contributed by atoms with E-state index in [-0.39, 0.29) is 17.1 Å². The molecule has 8 heteroatoms. The smallest absolute Gasteiger partial charge is 0.297 e. The van der Waals surface area contributed by atoms with Gasteiger partial charge in [0.15, 0.2) is 5.43 Å². The van der Waals surface area contributed by atoms with Crippen molar-refractivity contribution in [3.63, 3.8) is 0 Å². The molecule has 4 aromatic rings. The molecule has 3 heterocycles. The Morgan fingerprint density at radius 2 is 1.84 bits per heavy atom. The van der Waals surface area contributed by atoms with Crippen LogP contribution in [0.2, 0.25) is 0 Å². The van der Waals surface area contributed by atoms with Crippen LogP contribution in [-0.4, -0.2) is 16.1 Å². The lowest BCUT2D eigenvalue weighted by atomic mass is 9.99. The predicted octanol–water partition coefficient (Wildman–Crippen LogP) is 5.36. The first-order chi connectivity index (χ1) is 14.9. The number of aromatic nitrogens is 2. The predicted molar refractivity (Wildman–Crippen MR) is 124 cm³/mol. The second-order valence-corrected chi connectivity index (χ2v) is 9.83. The number of anilines is 1. The number of rotatable bonds is 4. The molecule has 1 aliphatic rings. The number of halogens is 1. The molecule has 1 aliphatic heterocycles. The average Bonchev–Trinajstić information content (AvgIpc) is 3.31. The fourth-order valence-corrected chi connectivity index (χ4v) is 5.19. The Balaban J connectivity index is 1.73. The van der Waals surface area contributed by atoms with Crippen LogP contribution in [0.3, 0.4) is 0 Å². The van der Waals surface area contributed by atoms with Gasteiger partial charge in [0.1, 0.15) is 10.6 Å². The summed E-state index contributed by atoms with van der Waals surface area (Å²) in [5, 5.41) is 10.3. The van der Waals surface area contributed by atoms with Gasteiger partial charge in [-0.25, -0.2) is 0 Å². The highest BCUT2D eigenvalue weighted by Gasteiger charge is 2.45. The number of amides is 1. The Morgan fingerprint density at radius 1 is 1.10 bits per heavy atom. The van der Waals surface area contributed by atoms with Crippen molar-refractivity contribution in [1.29, 1.82) is 0 Å². The fraction of sp³-hybridized carbons (Fsp3) is 0.217.